The molecule has 5 heteroatoms. The molecular weight excluding hydrogens is 265 g/mol. The Morgan fingerprint density at radius 1 is 1.40 bits per heavy atom. The molecule has 15 heavy (non-hydrogen) atoms. The molecule has 0 heterocycles. The summed E-state index contributed by atoms with van der Waals surface area (Å²) in [4.78, 5) is 0. The third kappa shape index (κ3) is 4.59. The lowest BCUT2D eigenvalue weighted by Gasteiger charge is -2.08. The topological polar surface area (TPSA) is 41.5 Å². The molecule has 0 saturated heterocycles. The molecule has 0 bridgehead atoms. The van der Waals surface area contributed by atoms with Gasteiger partial charge in [-0.15, -0.1) is 0 Å². The Labute approximate surface area is 96.4 Å². The van der Waals surface area contributed by atoms with Gasteiger partial charge in [-0.25, -0.2) is 4.39 Å². The molecule has 0 atom stereocenters. The first kappa shape index (κ1) is 12.4. The van der Waals surface area contributed by atoms with Crippen molar-refractivity contribution in [2.75, 3.05) is 31.7 Å². The molecular formula is C10H13BrFNO2. The van der Waals surface area contributed by atoms with Crippen LogP contribution < -0.4 is 5.32 Å². The fourth-order valence-corrected chi connectivity index (χ4v) is 1.42. The maximum Gasteiger partial charge on any atom is 0.146 e. The summed E-state index contributed by atoms with van der Waals surface area (Å²) in [5, 5.41) is 11.4. The summed E-state index contributed by atoms with van der Waals surface area (Å²) >= 11 is 3.26. The van der Waals surface area contributed by atoms with Gasteiger partial charge in [0.15, 0.2) is 0 Å². The summed E-state index contributed by atoms with van der Waals surface area (Å²) in [5.41, 5.74) is 0.442. The van der Waals surface area contributed by atoms with Crippen LogP contribution in [0.15, 0.2) is 22.7 Å². The fourth-order valence-electron chi connectivity index (χ4n) is 1.06. The van der Waals surface area contributed by atoms with Crippen LogP contribution in [-0.2, 0) is 4.74 Å². The molecule has 0 unspecified atom stereocenters. The first-order chi connectivity index (χ1) is 7.24. The SMILES string of the molecule is OCCOCCNc1cc(Br)ccc1F. The Hall–Kier alpha value is -0.650. The molecule has 1 aromatic carbocycles. The molecule has 0 aliphatic rings. The lowest BCUT2D eigenvalue weighted by molar-refractivity contribution is 0.0992. The quantitative estimate of drug-likeness (QED) is 0.782. The van der Waals surface area contributed by atoms with E-state index in [4.69, 9.17) is 9.84 Å². The molecule has 0 spiro atoms. The normalized spacial score (nSPS) is 10.3. The van der Waals surface area contributed by atoms with Gasteiger partial charge >= 0.3 is 0 Å². The summed E-state index contributed by atoms with van der Waals surface area (Å²) in [6.07, 6.45) is 0. The van der Waals surface area contributed by atoms with Gasteiger partial charge in [-0.05, 0) is 18.2 Å². The third-order valence-corrected chi connectivity index (χ3v) is 2.22. The van der Waals surface area contributed by atoms with Gasteiger partial charge in [0.2, 0.25) is 0 Å². The first-order valence-corrected chi connectivity index (χ1v) is 5.41. The summed E-state index contributed by atoms with van der Waals surface area (Å²) < 4.78 is 19.0. The van der Waals surface area contributed by atoms with Gasteiger partial charge in [0, 0.05) is 11.0 Å². The van der Waals surface area contributed by atoms with Gasteiger partial charge in [-0.1, -0.05) is 15.9 Å². The number of halogens is 2. The van der Waals surface area contributed by atoms with E-state index in [0.29, 0.717) is 25.4 Å². The minimum Gasteiger partial charge on any atom is -0.394 e. The number of aliphatic hydroxyl groups excluding tert-OH is 1. The second-order valence-electron chi connectivity index (χ2n) is 2.89. The lowest BCUT2D eigenvalue weighted by Crippen LogP contribution is -2.12. The average Bonchev–Trinajstić information content (AvgIpc) is 2.23. The number of anilines is 1. The van der Waals surface area contributed by atoms with Crippen LogP contribution in [0.25, 0.3) is 0 Å². The van der Waals surface area contributed by atoms with Crippen molar-refractivity contribution in [1.29, 1.82) is 0 Å². The second-order valence-corrected chi connectivity index (χ2v) is 3.80. The van der Waals surface area contributed by atoms with Crippen molar-refractivity contribution in [2.45, 2.75) is 0 Å². The molecule has 0 aliphatic heterocycles. The van der Waals surface area contributed by atoms with Gasteiger partial charge in [-0.2, -0.15) is 0 Å². The molecule has 0 radical (unpaired) electrons. The zero-order valence-corrected chi connectivity index (χ0v) is 9.76. The number of hydrogen-bond donors (Lipinski definition) is 2. The predicted octanol–water partition coefficient (Wildman–Crippen LogP) is 2.01. The summed E-state index contributed by atoms with van der Waals surface area (Å²) in [5.74, 6) is -0.291. The van der Waals surface area contributed by atoms with E-state index in [-0.39, 0.29) is 12.4 Å². The second kappa shape index (κ2) is 6.76. The van der Waals surface area contributed by atoms with Crippen LogP contribution in [0, 0.1) is 5.82 Å². The summed E-state index contributed by atoms with van der Waals surface area (Å²) in [6, 6.07) is 4.70. The molecule has 0 fully saturated rings. The minimum atomic E-state index is -0.291. The van der Waals surface area contributed by atoms with Gasteiger partial charge in [0.25, 0.3) is 0 Å². The van der Waals surface area contributed by atoms with Crippen molar-refractivity contribution in [3.63, 3.8) is 0 Å². The highest BCUT2D eigenvalue weighted by Gasteiger charge is 2.01. The van der Waals surface area contributed by atoms with Crippen molar-refractivity contribution in [3.05, 3.63) is 28.5 Å². The predicted molar refractivity (Wildman–Crippen MR) is 60.5 cm³/mol. The highest BCUT2D eigenvalue weighted by Crippen LogP contribution is 2.19. The lowest BCUT2D eigenvalue weighted by atomic mass is 10.3. The average molecular weight is 278 g/mol. The van der Waals surface area contributed by atoms with Crippen LogP contribution in [0.3, 0.4) is 0 Å². The molecule has 0 aliphatic carbocycles. The zero-order valence-electron chi connectivity index (χ0n) is 8.17. The van der Waals surface area contributed by atoms with E-state index >= 15 is 0 Å². The van der Waals surface area contributed by atoms with Gasteiger partial charge in [-0.3, -0.25) is 0 Å². The number of aliphatic hydroxyl groups is 1. The van der Waals surface area contributed by atoms with E-state index in [1.54, 1.807) is 12.1 Å². The van der Waals surface area contributed by atoms with E-state index in [9.17, 15) is 4.39 Å². The van der Waals surface area contributed by atoms with Crippen LogP contribution in [0.2, 0.25) is 0 Å². The van der Waals surface area contributed by atoms with E-state index in [2.05, 4.69) is 21.2 Å². The third-order valence-electron chi connectivity index (χ3n) is 1.73. The van der Waals surface area contributed by atoms with Crippen LogP contribution in [0.5, 0.6) is 0 Å². The molecule has 1 aromatic rings. The van der Waals surface area contributed by atoms with Crippen molar-refractivity contribution < 1.29 is 14.2 Å². The van der Waals surface area contributed by atoms with Crippen molar-refractivity contribution in [1.82, 2.24) is 0 Å². The van der Waals surface area contributed by atoms with Crippen LogP contribution >= 0.6 is 15.9 Å². The highest BCUT2D eigenvalue weighted by atomic mass is 79.9. The van der Waals surface area contributed by atoms with Crippen molar-refractivity contribution in [2.24, 2.45) is 0 Å². The smallest absolute Gasteiger partial charge is 0.146 e. The molecule has 0 aromatic heterocycles. The molecule has 1 rings (SSSR count). The van der Waals surface area contributed by atoms with Crippen LogP contribution in [0.1, 0.15) is 0 Å². The number of ether oxygens (including phenoxy) is 1. The molecule has 2 N–H and O–H groups in total. The minimum absolute atomic E-state index is 0.00520. The van der Waals surface area contributed by atoms with Crippen LogP contribution in [-0.4, -0.2) is 31.5 Å². The number of nitrogens with one attached hydrogen (secondary N) is 1. The number of hydrogen-bond acceptors (Lipinski definition) is 3. The van der Waals surface area contributed by atoms with Crippen molar-refractivity contribution >= 4 is 21.6 Å². The maximum absolute atomic E-state index is 13.2. The Morgan fingerprint density at radius 3 is 2.93 bits per heavy atom. The Bertz CT molecular complexity index is 309. The zero-order chi connectivity index (χ0) is 11.1. The van der Waals surface area contributed by atoms with E-state index in [0.717, 1.165) is 4.47 Å². The Kier molecular flexibility index (Phi) is 5.60. The van der Waals surface area contributed by atoms with Gasteiger partial charge in [0.05, 0.1) is 25.5 Å². The first-order valence-electron chi connectivity index (χ1n) is 4.61. The Balaban J connectivity index is 2.33. The maximum atomic E-state index is 13.2. The standard InChI is InChI=1S/C10H13BrFNO2/c11-8-1-2-9(12)10(7-8)13-3-5-15-6-4-14/h1-2,7,13-14H,3-6H2. The molecule has 0 saturated carbocycles. The number of benzene rings is 1. The van der Waals surface area contributed by atoms with Gasteiger partial charge < -0.3 is 15.2 Å². The van der Waals surface area contributed by atoms with Gasteiger partial charge in [0.1, 0.15) is 5.82 Å². The van der Waals surface area contributed by atoms with Crippen molar-refractivity contribution in [3.8, 4) is 0 Å². The Morgan fingerprint density at radius 2 is 2.20 bits per heavy atom. The number of rotatable bonds is 6. The molecule has 0 amide bonds. The summed E-state index contributed by atoms with van der Waals surface area (Å²) in [6.45, 7) is 1.26. The van der Waals surface area contributed by atoms with Crippen LogP contribution in [0.4, 0.5) is 10.1 Å². The summed E-state index contributed by atoms with van der Waals surface area (Å²) in [7, 11) is 0. The fraction of sp³-hybridized carbons (Fsp3) is 0.400. The van der Waals surface area contributed by atoms with E-state index in [1.807, 2.05) is 0 Å². The monoisotopic (exact) mass is 277 g/mol. The molecule has 3 nitrogen and oxygen atoms in total. The molecule has 84 valence electrons. The van der Waals surface area contributed by atoms with E-state index < -0.39 is 0 Å². The largest absolute Gasteiger partial charge is 0.394 e. The van der Waals surface area contributed by atoms with E-state index in [1.165, 1.54) is 6.07 Å². The highest BCUT2D eigenvalue weighted by molar-refractivity contribution is 9.10.